The number of hydrogen-bond acceptors (Lipinski definition) is 2. The summed E-state index contributed by atoms with van der Waals surface area (Å²) in [5.41, 5.74) is 1.30. The maximum Gasteiger partial charge on any atom is 0.120 e. The van der Waals surface area contributed by atoms with Crippen LogP contribution in [0.5, 0.6) is 5.75 Å². The van der Waals surface area contributed by atoms with Gasteiger partial charge in [-0.15, -0.1) is 0 Å². The van der Waals surface area contributed by atoms with Gasteiger partial charge in [0.05, 0.1) is 6.10 Å². The smallest absolute Gasteiger partial charge is 0.120 e. The number of nitrogens with one attached hydrogen (secondary N) is 1. The average Bonchev–Trinajstić information content (AvgIpc) is 2.45. The van der Waals surface area contributed by atoms with Crippen molar-refractivity contribution in [2.45, 2.75) is 78.4 Å². The van der Waals surface area contributed by atoms with Gasteiger partial charge in [0.25, 0.3) is 0 Å². The molecule has 0 aliphatic heterocycles. The van der Waals surface area contributed by atoms with Crippen molar-refractivity contribution in [1.29, 1.82) is 0 Å². The zero-order valence-electron chi connectivity index (χ0n) is 14.3. The van der Waals surface area contributed by atoms with Crippen LogP contribution in [0.2, 0.25) is 0 Å². The van der Waals surface area contributed by atoms with E-state index in [-0.39, 0.29) is 6.10 Å². The molecule has 1 rings (SSSR count). The van der Waals surface area contributed by atoms with Crippen LogP contribution in [0.4, 0.5) is 0 Å². The number of rotatable bonds is 11. The van der Waals surface area contributed by atoms with Gasteiger partial charge in [-0.1, -0.05) is 51.2 Å². The summed E-state index contributed by atoms with van der Waals surface area (Å²) in [6.07, 6.45) is 8.32. The summed E-state index contributed by atoms with van der Waals surface area (Å²) < 4.78 is 5.76. The molecule has 0 aliphatic rings. The van der Waals surface area contributed by atoms with E-state index in [2.05, 4.69) is 51.2 Å². The molecule has 0 aliphatic carbocycles. The van der Waals surface area contributed by atoms with Gasteiger partial charge in [0.2, 0.25) is 0 Å². The lowest BCUT2D eigenvalue weighted by molar-refractivity contribution is 0.242. The summed E-state index contributed by atoms with van der Waals surface area (Å²) in [5, 5.41) is 3.61. The SMILES string of the molecule is CCCCCCCCNC(C)c1cccc(OC(C)C)c1. The Balaban J connectivity index is 2.26. The summed E-state index contributed by atoms with van der Waals surface area (Å²) in [6.45, 7) is 9.72. The molecule has 1 aromatic carbocycles. The second-order valence-corrected chi connectivity index (χ2v) is 6.18. The zero-order chi connectivity index (χ0) is 15.5. The van der Waals surface area contributed by atoms with E-state index >= 15 is 0 Å². The Kier molecular flexibility index (Phi) is 9.16. The first-order chi connectivity index (χ1) is 10.1. The van der Waals surface area contributed by atoms with Crippen molar-refractivity contribution < 1.29 is 4.74 Å². The van der Waals surface area contributed by atoms with Crippen molar-refractivity contribution in [3.05, 3.63) is 29.8 Å². The van der Waals surface area contributed by atoms with Crippen molar-refractivity contribution in [2.75, 3.05) is 6.54 Å². The normalized spacial score (nSPS) is 12.6. The fourth-order valence-electron chi connectivity index (χ4n) is 2.47. The van der Waals surface area contributed by atoms with E-state index < -0.39 is 0 Å². The average molecular weight is 291 g/mol. The molecule has 1 aromatic rings. The molecule has 0 radical (unpaired) electrons. The second kappa shape index (κ2) is 10.7. The second-order valence-electron chi connectivity index (χ2n) is 6.18. The molecule has 0 heterocycles. The minimum absolute atomic E-state index is 0.228. The summed E-state index contributed by atoms with van der Waals surface area (Å²) in [4.78, 5) is 0. The van der Waals surface area contributed by atoms with E-state index in [1.165, 1.54) is 44.1 Å². The lowest BCUT2D eigenvalue weighted by atomic mass is 10.1. The van der Waals surface area contributed by atoms with Gasteiger partial charge in [-0.25, -0.2) is 0 Å². The van der Waals surface area contributed by atoms with Crippen molar-refractivity contribution >= 4 is 0 Å². The largest absolute Gasteiger partial charge is 0.491 e. The van der Waals surface area contributed by atoms with Crippen LogP contribution in [-0.2, 0) is 0 Å². The van der Waals surface area contributed by atoms with Crippen molar-refractivity contribution in [2.24, 2.45) is 0 Å². The third-order valence-electron chi connectivity index (χ3n) is 3.71. The standard InChI is InChI=1S/C19H33NO/c1-5-6-7-8-9-10-14-20-17(4)18-12-11-13-19(15-18)21-16(2)3/h11-13,15-17,20H,5-10,14H2,1-4H3. The quantitative estimate of drug-likeness (QED) is 0.545. The minimum Gasteiger partial charge on any atom is -0.491 e. The van der Waals surface area contributed by atoms with Gasteiger partial charge in [-0.05, 0) is 51.4 Å². The van der Waals surface area contributed by atoms with Crippen LogP contribution in [0, 0.1) is 0 Å². The van der Waals surface area contributed by atoms with Crippen LogP contribution in [-0.4, -0.2) is 12.6 Å². The highest BCUT2D eigenvalue weighted by molar-refractivity contribution is 5.30. The highest BCUT2D eigenvalue weighted by atomic mass is 16.5. The molecule has 120 valence electrons. The fourth-order valence-corrected chi connectivity index (χ4v) is 2.47. The summed E-state index contributed by atoms with van der Waals surface area (Å²) in [5.74, 6) is 0.968. The van der Waals surface area contributed by atoms with Gasteiger partial charge in [0.15, 0.2) is 0 Å². The van der Waals surface area contributed by atoms with E-state index in [1.807, 2.05) is 6.07 Å². The van der Waals surface area contributed by atoms with Crippen molar-refractivity contribution in [1.82, 2.24) is 5.32 Å². The van der Waals surface area contributed by atoms with Crippen LogP contribution < -0.4 is 10.1 Å². The Morgan fingerprint density at radius 1 is 1.00 bits per heavy atom. The van der Waals surface area contributed by atoms with Gasteiger partial charge < -0.3 is 10.1 Å². The van der Waals surface area contributed by atoms with Crippen molar-refractivity contribution in [3.63, 3.8) is 0 Å². The van der Waals surface area contributed by atoms with E-state index in [9.17, 15) is 0 Å². The highest BCUT2D eigenvalue weighted by Gasteiger charge is 2.06. The van der Waals surface area contributed by atoms with Crippen molar-refractivity contribution in [3.8, 4) is 5.75 Å². The molecule has 1 unspecified atom stereocenters. The van der Waals surface area contributed by atoms with E-state index in [0.29, 0.717) is 6.04 Å². The van der Waals surface area contributed by atoms with E-state index in [4.69, 9.17) is 4.74 Å². The summed E-state index contributed by atoms with van der Waals surface area (Å²) in [7, 11) is 0. The first-order valence-electron chi connectivity index (χ1n) is 8.63. The molecule has 0 aromatic heterocycles. The number of ether oxygens (including phenoxy) is 1. The van der Waals surface area contributed by atoms with Gasteiger partial charge in [0.1, 0.15) is 5.75 Å². The molecule has 0 bridgehead atoms. The zero-order valence-corrected chi connectivity index (χ0v) is 14.3. The van der Waals surface area contributed by atoms with Crippen LogP contribution in [0.3, 0.4) is 0 Å². The molecule has 0 spiro atoms. The maximum absolute atomic E-state index is 5.76. The van der Waals surface area contributed by atoms with E-state index in [0.717, 1.165) is 12.3 Å². The summed E-state index contributed by atoms with van der Waals surface area (Å²) in [6, 6.07) is 8.82. The molecule has 1 N–H and O–H groups in total. The third kappa shape index (κ3) is 8.11. The Hall–Kier alpha value is -1.02. The van der Waals surface area contributed by atoms with E-state index in [1.54, 1.807) is 0 Å². The molecule has 0 fully saturated rings. The summed E-state index contributed by atoms with van der Waals surface area (Å²) >= 11 is 0. The first-order valence-corrected chi connectivity index (χ1v) is 8.63. The highest BCUT2D eigenvalue weighted by Crippen LogP contribution is 2.20. The van der Waals surface area contributed by atoms with Crippen LogP contribution in [0.15, 0.2) is 24.3 Å². The van der Waals surface area contributed by atoms with Gasteiger partial charge in [-0.3, -0.25) is 0 Å². The van der Waals surface area contributed by atoms with Crippen LogP contribution in [0.1, 0.15) is 77.8 Å². The first kappa shape index (κ1) is 18.0. The molecule has 0 saturated heterocycles. The molecule has 2 nitrogen and oxygen atoms in total. The topological polar surface area (TPSA) is 21.3 Å². The Morgan fingerprint density at radius 2 is 1.71 bits per heavy atom. The van der Waals surface area contributed by atoms with Gasteiger partial charge in [0, 0.05) is 6.04 Å². The van der Waals surface area contributed by atoms with Crippen LogP contribution >= 0.6 is 0 Å². The Morgan fingerprint density at radius 3 is 2.43 bits per heavy atom. The minimum atomic E-state index is 0.228. The maximum atomic E-state index is 5.76. The molecule has 21 heavy (non-hydrogen) atoms. The Labute approximate surface area is 131 Å². The molecular formula is C19H33NO. The lowest BCUT2D eigenvalue weighted by Crippen LogP contribution is -2.20. The molecule has 2 heteroatoms. The predicted octanol–water partition coefficient (Wildman–Crippen LogP) is 5.48. The number of benzene rings is 1. The van der Waals surface area contributed by atoms with Crippen LogP contribution in [0.25, 0.3) is 0 Å². The Bertz CT molecular complexity index is 376. The molecule has 0 amide bonds. The molecule has 1 atom stereocenters. The monoisotopic (exact) mass is 291 g/mol. The molecular weight excluding hydrogens is 258 g/mol. The fraction of sp³-hybridized carbons (Fsp3) is 0.684. The predicted molar refractivity (Wildman–Crippen MR) is 92.0 cm³/mol. The molecule has 0 saturated carbocycles. The van der Waals surface area contributed by atoms with Gasteiger partial charge in [-0.2, -0.15) is 0 Å². The number of hydrogen-bond donors (Lipinski definition) is 1. The third-order valence-corrected chi connectivity index (χ3v) is 3.71. The lowest BCUT2D eigenvalue weighted by Gasteiger charge is -2.16. The number of unbranched alkanes of at least 4 members (excludes halogenated alkanes) is 5. The van der Waals surface area contributed by atoms with Gasteiger partial charge >= 0.3 is 0 Å².